The minimum Gasteiger partial charge on any atom is -0.361 e. The van der Waals surface area contributed by atoms with Gasteiger partial charge in [0.1, 0.15) is 6.54 Å². The van der Waals surface area contributed by atoms with Gasteiger partial charge < -0.3 is 4.85 Å². The Labute approximate surface area is 172 Å². The summed E-state index contributed by atoms with van der Waals surface area (Å²) in [5.74, 6) is -3.39. The zero-order valence-corrected chi connectivity index (χ0v) is 16.5. The van der Waals surface area contributed by atoms with E-state index in [1.807, 2.05) is 30.3 Å². The number of fused-ring (bicyclic) bond motifs is 1. The molecule has 0 aliphatic heterocycles. The van der Waals surface area contributed by atoms with Gasteiger partial charge in [0.25, 0.3) is 11.7 Å². The van der Waals surface area contributed by atoms with E-state index in [1.165, 1.54) is 18.5 Å². The SMILES string of the molecule is [C-]#[N+]c1ccc(-c2cnn(CC(F)(F)C(C)C)c2)c(-c2ccc3cccnc3c2)n1. The Morgan fingerprint density at radius 3 is 2.73 bits per heavy atom. The molecule has 30 heavy (non-hydrogen) atoms. The Kier molecular flexibility index (Phi) is 5.00. The second kappa shape index (κ2) is 7.64. The van der Waals surface area contributed by atoms with E-state index in [0.29, 0.717) is 11.3 Å². The molecule has 7 heteroatoms. The molecule has 0 N–H and O–H groups in total. The third kappa shape index (κ3) is 3.77. The summed E-state index contributed by atoms with van der Waals surface area (Å²) in [6.45, 7) is 9.79. The van der Waals surface area contributed by atoms with Crippen LogP contribution < -0.4 is 0 Å². The maximum absolute atomic E-state index is 14.1. The van der Waals surface area contributed by atoms with E-state index in [4.69, 9.17) is 6.57 Å². The Morgan fingerprint density at radius 2 is 1.97 bits per heavy atom. The Morgan fingerprint density at radius 1 is 1.13 bits per heavy atom. The molecule has 0 unspecified atom stereocenters. The fourth-order valence-electron chi connectivity index (χ4n) is 3.17. The van der Waals surface area contributed by atoms with Gasteiger partial charge in [0.05, 0.1) is 11.7 Å². The van der Waals surface area contributed by atoms with Crippen LogP contribution in [0.5, 0.6) is 0 Å². The molecule has 0 radical (unpaired) electrons. The van der Waals surface area contributed by atoms with Gasteiger partial charge in [0, 0.05) is 40.4 Å². The summed E-state index contributed by atoms with van der Waals surface area (Å²) in [7, 11) is 0. The summed E-state index contributed by atoms with van der Waals surface area (Å²) in [6.07, 6.45) is 4.86. The molecule has 5 nitrogen and oxygen atoms in total. The third-order valence-corrected chi connectivity index (χ3v) is 5.04. The molecule has 0 aliphatic rings. The maximum Gasteiger partial charge on any atom is 0.270 e. The highest BCUT2D eigenvalue weighted by Crippen LogP contribution is 2.34. The standard InChI is InChI=1S/C23H19F2N5/c1-15(2)23(24,25)14-30-13-18(12-28-30)19-8-9-21(26-3)29-22(19)17-7-6-16-5-4-10-27-20(16)11-17/h4-13,15H,14H2,1-2H3. The van der Waals surface area contributed by atoms with Gasteiger partial charge in [-0.1, -0.05) is 38.6 Å². The van der Waals surface area contributed by atoms with Crippen LogP contribution in [0.25, 0.3) is 38.1 Å². The number of nitrogens with zero attached hydrogens (tertiary/aromatic N) is 5. The van der Waals surface area contributed by atoms with Crippen molar-refractivity contribution in [2.24, 2.45) is 5.92 Å². The quantitative estimate of drug-likeness (QED) is 0.384. The highest BCUT2D eigenvalue weighted by molar-refractivity contribution is 5.88. The fourth-order valence-corrected chi connectivity index (χ4v) is 3.17. The molecule has 1 aromatic carbocycles. The number of benzene rings is 1. The minimum absolute atomic E-state index is 0.258. The van der Waals surface area contributed by atoms with Crippen LogP contribution in [0.4, 0.5) is 14.6 Å². The van der Waals surface area contributed by atoms with Crippen molar-refractivity contribution in [2.45, 2.75) is 26.3 Å². The lowest BCUT2D eigenvalue weighted by atomic mass is 10.0. The van der Waals surface area contributed by atoms with Crippen molar-refractivity contribution >= 4 is 16.7 Å². The lowest BCUT2D eigenvalue weighted by Gasteiger charge is -2.19. The minimum atomic E-state index is -2.86. The molecule has 3 heterocycles. The van der Waals surface area contributed by atoms with Crippen molar-refractivity contribution in [2.75, 3.05) is 0 Å². The van der Waals surface area contributed by atoms with Crippen molar-refractivity contribution in [1.82, 2.24) is 19.7 Å². The predicted octanol–water partition coefficient (Wildman–Crippen LogP) is 6.00. The lowest BCUT2D eigenvalue weighted by Crippen LogP contribution is -2.30. The average Bonchev–Trinajstić information content (AvgIpc) is 3.20. The number of rotatable bonds is 5. The van der Waals surface area contributed by atoms with Gasteiger partial charge in [-0.05, 0) is 24.3 Å². The number of halogens is 2. The summed E-state index contributed by atoms with van der Waals surface area (Å²) < 4.78 is 29.5. The first-order chi connectivity index (χ1) is 14.4. The molecular formula is C23H19F2N5. The van der Waals surface area contributed by atoms with Gasteiger partial charge in [-0.15, -0.1) is 4.98 Å². The smallest absolute Gasteiger partial charge is 0.270 e. The molecule has 150 valence electrons. The van der Waals surface area contributed by atoms with E-state index in [-0.39, 0.29) is 5.82 Å². The zero-order valence-electron chi connectivity index (χ0n) is 16.5. The van der Waals surface area contributed by atoms with Crippen LogP contribution in [-0.4, -0.2) is 25.7 Å². The van der Waals surface area contributed by atoms with Crippen molar-refractivity contribution in [3.05, 3.63) is 72.5 Å². The second-order valence-corrected chi connectivity index (χ2v) is 7.43. The molecule has 0 aliphatic carbocycles. The molecule has 4 aromatic rings. The van der Waals surface area contributed by atoms with Gasteiger partial charge in [-0.2, -0.15) is 5.10 Å². The Balaban J connectivity index is 1.79. The predicted molar refractivity (Wildman–Crippen MR) is 112 cm³/mol. The highest BCUT2D eigenvalue weighted by Gasteiger charge is 2.34. The second-order valence-electron chi connectivity index (χ2n) is 7.43. The monoisotopic (exact) mass is 403 g/mol. The first kappa shape index (κ1) is 19.6. The van der Waals surface area contributed by atoms with Gasteiger partial charge >= 0.3 is 0 Å². The highest BCUT2D eigenvalue weighted by atomic mass is 19.3. The van der Waals surface area contributed by atoms with E-state index >= 15 is 0 Å². The molecular weight excluding hydrogens is 384 g/mol. The van der Waals surface area contributed by atoms with Crippen molar-refractivity contribution in [1.29, 1.82) is 0 Å². The number of aromatic nitrogens is 4. The molecule has 4 rings (SSSR count). The molecule has 0 bridgehead atoms. The molecule has 3 aromatic heterocycles. The summed E-state index contributed by atoms with van der Waals surface area (Å²) in [6, 6.07) is 13.0. The normalized spacial score (nSPS) is 11.7. The van der Waals surface area contributed by atoms with Crippen LogP contribution in [0, 0.1) is 12.5 Å². The van der Waals surface area contributed by atoms with Crippen LogP contribution in [0.2, 0.25) is 0 Å². The first-order valence-corrected chi connectivity index (χ1v) is 9.52. The fraction of sp³-hybridized carbons (Fsp3) is 0.217. The van der Waals surface area contributed by atoms with E-state index in [1.54, 1.807) is 30.7 Å². The summed E-state index contributed by atoms with van der Waals surface area (Å²) in [5, 5.41) is 5.12. The van der Waals surface area contributed by atoms with Gasteiger partial charge in [0.15, 0.2) is 5.69 Å². The summed E-state index contributed by atoms with van der Waals surface area (Å²) in [4.78, 5) is 12.3. The van der Waals surface area contributed by atoms with Gasteiger partial charge in [-0.25, -0.2) is 8.78 Å². The van der Waals surface area contributed by atoms with Crippen LogP contribution >= 0.6 is 0 Å². The topological polar surface area (TPSA) is 48.0 Å². The van der Waals surface area contributed by atoms with Crippen molar-refractivity contribution in [3.8, 4) is 22.4 Å². The van der Waals surface area contributed by atoms with Crippen LogP contribution in [0.15, 0.2) is 61.1 Å². The number of pyridine rings is 2. The summed E-state index contributed by atoms with van der Waals surface area (Å²) in [5.41, 5.74) is 3.57. The summed E-state index contributed by atoms with van der Waals surface area (Å²) >= 11 is 0. The molecule has 0 amide bonds. The first-order valence-electron chi connectivity index (χ1n) is 9.52. The van der Waals surface area contributed by atoms with E-state index in [0.717, 1.165) is 22.0 Å². The van der Waals surface area contributed by atoms with Crippen LogP contribution in [0.1, 0.15) is 13.8 Å². The van der Waals surface area contributed by atoms with E-state index < -0.39 is 18.4 Å². The number of alkyl halides is 2. The molecule has 0 saturated heterocycles. The Bertz CT molecular complexity index is 1250. The van der Waals surface area contributed by atoms with Gasteiger partial charge in [-0.3, -0.25) is 9.67 Å². The third-order valence-electron chi connectivity index (χ3n) is 5.04. The van der Waals surface area contributed by atoms with E-state index in [2.05, 4.69) is 19.9 Å². The van der Waals surface area contributed by atoms with Crippen LogP contribution in [0.3, 0.4) is 0 Å². The van der Waals surface area contributed by atoms with Crippen molar-refractivity contribution in [3.63, 3.8) is 0 Å². The van der Waals surface area contributed by atoms with Gasteiger partial charge in [0.2, 0.25) is 0 Å². The molecule has 0 spiro atoms. The van der Waals surface area contributed by atoms with Crippen LogP contribution in [-0.2, 0) is 6.54 Å². The lowest BCUT2D eigenvalue weighted by molar-refractivity contribution is -0.0622. The molecule has 0 atom stereocenters. The zero-order chi connectivity index (χ0) is 21.3. The largest absolute Gasteiger partial charge is 0.361 e. The van der Waals surface area contributed by atoms with E-state index in [9.17, 15) is 8.78 Å². The van der Waals surface area contributed by atoms with Crippen molar-refractivity contribution < 1.29 is 8.78 Å². The number of hydrogen-bond donors (Lipinski definition) is 0. The molecule has 0 fully saturated rings. The molecule has 0 saturated carbocycles. The maximum atomic E-state index is 14.1. The number of hydrogen-bond acceptors (Lipinski definition) is 3. The average molecular weight is 403 g/mol. The Hall–Kier alpha value is -3.66.